The van der Waals surface area contributed by atoms with Crippen LogP contribution in [0.25, 0.3) is 0 Å². The minimum absolute atomic E-state index is 0.120. The molecule has 0 aliphatic heterocycles. The number of carbonyl (C=O) groups is 3. The van der Waals surface area contributed by atoms with Crippen LogP contribution in [0.1, 0.15) is 49.1 Å². The topological polar surface area (TPSA) is 129 Å². The van der Waals surface area contributed by atoms with Crippen LogP contribution in [0.5, 0.6) is 5.75 Å². The molecule has 0 aromatic heterocycles. The fourth-order valence-electron chi connectivity index (χ4n) is 2.92. The van der Waals surface area contributed by atoms with Crippen molar-refractivity contribution < 1.29 is 24.2 Å². The van der Waals surface area contributed by atoms with Gasteiger partial charge in [0.05, 0.1) is 24.6 Å². The lowest BCUT2D eigenvalue weighted by atomic mass is 10.0. The number of phenols is 1. The number of hydrogen-bond acceptors (Lipinski definition) is 7. The van der Waals surface area contributed by atoms with Gasteiger partial charge in [0.1, 0.15) is 5.75 Å². The minimum Gasteiger partial charge on any atom is -0.507 e. The maximum absolute atomic E-state index is 12.3. The fourth-order valence-corrected chi connectivity index (χ4v) is 3.72. The largest absolute Gasteiger partial charge is 0.507 e. The van der Waals surface area contributed by atoms with Crippen LogP contribution in [0, 0.1) is 0 Å². The average molecular weight is 616 g/mol. The lowest BCUT2D eigenvalue weighted by Crippen LogP contribution is -2.18. The quantitative estimate of drug-likeness (QED) is 0.193. The molecule has 0 heterocycles. The van der Waals surface area contributed by atoms with Crippen LogP contribution in [0.15, 0.2) is 79.8 Å². The van der Waals surface area contributed by atoms with Gasteiger partial charge >= 0.3 is 5.97 Å². The van der Waals surface area contributed by atoms with E-state index < -0.39 is 17.8 Å². The molecule has 0 aliphatic rings. The third-order valence-electron chi connectivity index (χ3n) is 4.59. The van der Waals surface area contributed by atoms with Crippen molar-refractivity contribution in [2.45, 2.75) is 6.92 Å². The number of ether oxygens (including phenoxy) is 1. The number of nitrogens with one attached hydrogen (secondary N) is 2. The third-order valence-corrected chi connectivity index (χ3v) is 5.58. The predicted octanol–water partition coefficient (Wildman–Crippen LogP) is 4.62. The van der Waals surface area contributed by atoms with E-state index in [2.05, 4.69) is 52.9 Å². The van der Waals surface area contributed by atoms with Gasteiger partial charge in [-0.1, -0.05) is 44.0 Å². The van der Waals surface area contributed by atoms with Gasteiger partial charge in [0.15, 0.2) is 0 Å². The molecule has 3 aromatic rings. The summed E-state index contributed by atoms with van der Waals surface area (Å²) in [6, 6.07) is 16.2. The summed E-state index contributed by atoms with van der Waals surface area (Å²) in [5, 5.41) is 18.5. The normalized spacial score (nSPS) is 11.0. The number of phenolic OH excluding ortho intramolecular Hbond substituents is 1. The number of aromatic hydroxyl groups is 1. The van der Waals surface area contributed by atoms with Crippen LogP contribution < -0.4 is 10.9 Å². The first-order valence-electron chi connectivity index (χ1n) is 10.5. The van der Waals surface area contributed by atoms with Gasteiger partial charge in [-0.25, -0.2) is 15.6 Å². The lowest BCUT2D eigenvalue weighted by Gasteiger charge is -2.08. The molecule has 0 saturated carbocycles. The second-order valence-electron chi connectivity index (χ2n) is 7.14. The van der Waals surface area contributed by atoms with Crippen molar-refractivity contribution in [1.29, 1.82) is 0 Å². The van der Waals surface area contributed by atoms with Crippen molar-refractivity contribution in [2.24, 2.45) is 10.2 Å². The predicted molar refractivity (Wildman–Crippen MR) is 142 cm³/mol. The molecule has 184 valence electrons. The van der Waals surface area contributed by atoms with Gasteiger partial charge in [-0.2, -0.15) is 10.2 Å². The molecular weight excluding hydrogens is 596 g/mol. The molecule has 36 heavy (non-hydrogen) atoms. The Labute approximate surface area is 223 Å². The number of amides is 2. The molecule has 0 aliphatic carbocycles. The van der Waals surface area contributed by atoms with Crippen molar-refractivity contribution in [3.8, 4) is 5.75 Å². The molecule has 2 amide bonds. The van der Waals surface area contributed by atoms with E-state index in [0.29, 0.717) is 11.1 Å². The summed E-state index contributed by atoms with van der Waals surface area (Å²) in [5.41, 5.74) is 5.84. The molecule has 0 saturated heterocycles. The lowest BCUT2D eigenvalue weighted by molar-refractivity contribution is 0.0526. The fraction of sp³-hybridized carbons (Fsp3) is 0.0800. The Bertz CT molecular complexity index is 1270. The van der Waals surface area contributed by atoms with Gasteiger partial charge in [-0.15, -0.1) is 0 Å². The van der Waals surface area contributed by atoms with Gasteiger partial charge in [-0.05, 0) is 55.5 Å². The maximum atomic E-state index is 12.3. The highest BCUT2D eigenvalue weighted by molar-refractivity contribution is 9.10. The number of rotatable bonds is 8. The van der Waals surface area contributed by atoms with E-state index in [1.54, 1.807) is 55.5 Å². The monoisotopic (exact) mass is 614 g/mol. The number of carbonyl (C=O) groups excluding carboxylic acids is 3. The van der Waals surface area contributed by atoms with Gasteiger partial charge < -0.3 is 9.84 Å². The number of nitrogens with zero attached hydrogens (tertiary/aromatic N) is 2. The summed E-state index contributed by atoms with van der Waals surface area (Å²) in [6.45, 7) is 1.82. The second-order valence-corrected chi connectivity index (χ2v) is 8.97. The first-order valence-corrected chi connectivity index (χ1v) is 12.1. The molecule has 9 nitrogen and oxygen atoms in total. The van der Waals surface area contributed by atoms with Crippen LogP contribution >= 0.6 is 31.9 Å². The molecule has 0 bridgehead atoms. The number of esters is 1. The van der Waals surface area contributed by atoms with E-state index in [9.17, 15) is 19.5 Å². The first kappa shape index (κ1) is 26.8. The Morgan fingerprint density at radius 2 is 1.31 bits per heavy atom. The van der Waals surface area contributed by atoms with Crippen molar-refractivity contribution in [1.82, 2.24) is 10.9 Å². The summed E-state index contributed by atoms with van der Waals surface area (Å²) >= 11 is 6.59. The van der Waals surface area contributed by atoms with E-state index in [0.717, 1.165) is 8.95 Å². The number of benzene rings is 3. The summed E-state index contributed by atoms with van der Waals surface area (Å²) in [7, 11) is 0. The van der Waals surface area contributed by atoms with Gasteiger partial charge in [0, 0.05) is 31.2 Å². The van der Waals surface area contributed by atoms with Crippen molar-refractivity contribution in [2.75, 3.05) is 6.61 Å². The molecule has 0 radical (unpaired) electrons. The zero-order valence-corrected chi connectivity index (χ0v) is 22.0. The van der Waals surface area contributed by atoms with E-state index in [1.807, 2.05) is 0 Å². The summed E-state index contributed by atoms with van der Waals surface area (Å²) in [5.74, 6) is -1.83. The average Bonchev–Trinajstić information content (AvgIpc) is 2.85. The first-order chi connectivity index (χ1) is 17.3. The Hall–Kier alpha value is -3.83. The van der Waals surface area contributed by atoms with Crippen LogP contribution in [-0.2, 0) is 4.74 Å². The van der Waals surface area contributed by atoms with Crippen molar-refractivity contribution in [3.05, 3.63) is 97.4 Å². The van der Waals surface area contributed by atoms with Gasteiger partial charge in [-0.3, -0.25) is 9.59 Å². The molecule has 0 spiro atoms. The Morgan fingerprint density at radius 3 is 1.72 bits per heavy atom. The van der Waals surface area contributed by atoms with Crippen molar-refractivity contribution in [3.63, 3.8) is 0 Å². The van der Waals surface area contributed by atoms with Crippen molar-refractivity contribution >= 4 is 62.1 Å². The number of halogens is 2. The molecule has 0 fully saturated rings. The molecule has 3 aromatic carbocycles. The zero-order valence-electron chi connectivity index (χ0n) is 18.9. The standard InChI is InChI=1S/C25H20Br2N4O5/c1-2-36-25(35)17-9-18(13-28-30-23(33)15-5-3-7-20(26)11-15)22(32)19(10-17)14-29-31-24(34)16-6-4-8-21(27)12-16/h3-14,32H,2H2,1H3,(H,30,33)(H,31,34)/b28-13-,29-14+. The highest BCUT2D eigenvalue weighted by Gasteiger charge is 2.14. The summed E-state index contributed by atoms with van der Waals surface area (Å²) in [4.78, 5) is 36.9. The summed E-state index contributed by atoms with van der Waals surface area (Å²) < 4.78 is 6.51. The Kier molecular flexibility index (Phi) is 9.48. The second kappa shape index (κ2) is 12.8. The van der Waals surface area contributed by atoms with E-state index >= 15 is 0 Å². The van der Waals surface area contributed by atoms with E-state index in [1.165, 1.54) is 24.6 Å². The Morgan fingerprint density at radius 1 is 0.833 bits per heavy atom. The van der Waals surface area contributed by atoms with Crippen LogP contribution in [-0.4, -0.2) is 41.9 Å². The molecule has 3 N–H and O–H groups in total. The molecule has 0 unspecified atom stereocenters. The Balaban J connectivity index is 1.82. The van der Waals surface area contributed by atoms with Crippen LogP contribution in [0.3, 0.4) is 0 Å². The van der Waals surface area contributed by atoms with Crippen LogP contribution in [0.2, 0.25) is 0 Å². The van der Waals surface area contributed by atoms with E-state index in [4.69, 9.17) is 4.74 Å². The molecular formula is C25H20Br2N4O5. The SMILES string of the molecule is CCOC(=O)c1cc(/C=N\NC(=O)c2cccc(Br)c2)c(O)c(/C=N/NC(=O)c2cccc(Br)c2)c1. The third kappa shape index (κ3) is 7.33. The minimum atomic E-state index is -0.627. The molecule has 3 rings (SSSR count). The highest BCUT2D eigenvalue weighted by atomic mass is 79.9. The maximum Gasteiger partial charge on any atom is 0.338 e. The zero-order chi connectivity index (χ0) is 26.1. The molecule has 11 heteroatoms. The van der Waals surface area contributed by atoms with Crippen LogP contribution in [0.4, 0.5) is 0 Å². The number of hydrogen-bond donors (Lipinski definition) is 3. The van der Waals surface area contributed by atoms with Gasteiger partial charge in [0.2, 0.25) is 0 Å². The smallest absolute Gasteiger partial charge is 0.338 e. The summed E-state index contributed by atoms with van der Waals surface area (Å²) in [6.07, 6.45) is 2.37. The highest BCUT2D eigenvalue weighted by Crippen LogP contribution is 2.23. The van der Waals surface area contributed by atoms with Gasteiger partial charge in [0.25, 0.3) is 11.8 Å². The van der Waals surface area contributed by atoms with E-state index in [-0.39, 0.29) is 29.0 Å². The number of hydrazone groups is 2. The molecule has 0 atom stereocenters.